The molecule has 4 aliphatic rings. The van der Waals surface area contributed by atoms with E-state index in [0.29, 0.717) is 22.5 Å². The SMILES string of the molecule is CC.CC(C)CCCC(C)C1CCC2C3CCC4CC(=O)C=CC4(C)C3CCC12C. The first-order valence-electron chi connectivity index (χ1n) is 13.5. The highest BCUT2D eigenvalue weighted by atomic mass is 16.1. The Hall–Kier alpha value is -0.590. The fourth-order valence-corrected chi connectivity index (χ4v) is 8.66. The molecule has 0 bridgehead atoms. The first-order valence-corrected chi connectivity index (χ1v) is 13.5. The lowest BCUT2D eigenvalue weighted by atomic mass is 9.45. The molecule has 0 spiro atoms. The predicted octanol–water partition coefficient (Wildman–Crippen LogP) is 8.48. The van der Waals surface area contributed by atoms with Gasteiger partial charge < -0.3 is 0 Å². The number of rotatable bonds is 5. The number of ketones is 1. The third kappa shape index (κ3) is 4.21. The minimum atomic E-state index is 0.291. The first kappa shape index (κ1) is 24.1. The summed E-state index contributed by atoms with van der Waals surface area (Å²) in [6.45, 7) is 16.5. The monoisotopic (exact) mass is 414 g/mol. The molecule has 0 radical (unpaired) electrons. The van der Waals surface area contributed by atoms with Gasteiger partial charge in [-0.1, -0.05) is 73.8 Å². The van der Waals surface area contributed by atoms with Crippen molar-refractivity contribution in [2.24, 2.45) is 52.3 Å². The zero-order valence-corrected chi connectivity index (χ0v) is 21.2. The van der Waals surface area contributed by atoms with Crippen LogP contribution in [-0.2, 0) is 4.79 Å². The smallest absolute Gasteiger partial charge is 0.155 e. The third-order valence-corrected chi connectivity index (χ3v) is 10.2. The molecule has 30 heavy (non-hydrogen) atoms. The minimum Gasteiger partial charge on any atom is -0.295 e. The standard InChI is InChI=1S/C27H44O.C2H6/c1-18(2)7-6-8-19(3)23-11-12-24-22-10-9-20-17-21(28)13-15-26(20,4)25(22)14-16-27(23,24)5;1-2/h13,15,18-20,22-25H,6-12,14,16-17H2,1-5H3;1-2H3. The van der Waals surface area contributed by atoms with Crippen LogP contribution in [0.1, 0.15) is 113 Å². The van der Waals surface area contributed by atoms with Crippen LogP contribution in [0.25, 0.3) is 0 Å². The summed E-state index contributed by atoms with van der Waals surface area (Å²) >= 11 is 0. The lowest BCUT2D eigenvalue weighted by Crippen LogP contribution is -2.52. The van der Waals surface area contributed by atoms with Gasteiger partial charge in [-0.05, 0) is 96.9 Å². The normalized spacial score (nSPS) is 43.3. The molecule has 0 N–H and O–H groups in total. The van der Waals surface area contributed by atoms with Crippen molar-refractivity contribution in [2.75, 3.05) is 0 Å². The number of hydrogen-bond acceptors (Lipinski definition) is 1. The maximum absolute atomic E-state index is 12.0. The fourth-order valence-electron chi connectivity index (χ4n) is 8.66. The topological polar surface area (TPSA) is 17.1 Å². The van der Waals surface area contributed by atoms with E-state index in [0.717, 1.165) is 41.9 Å². The van der Waals surface area contributed by atoms with Gasteiger partial charge >= 0.3 is 0 Å². The molecule has 1 nitrogen and oxygen atoms in total. The molecular formula is C29H50O. The molecule has 4 rings (SSSR count). The van der Waals surface area contributed by atoms with E-state index in [1.807, 2.05) is 19.9 Å². The Morgan fingerprint density at radius 2 is 1.70 bits per heavy atom. The summed E-state index contributed by atoms with van der Waals surface area (Å²) in [6, 6.07) is 0. The largest absolute Gasteiger partial charge is 0.295 e. The maximum atomic E-state index is 12.0. The summed E-state index contributed by atoms with van der Waals surface area (Å²) in [5.74, 6) is 6.34. The Bertz CT molecular complexity index is 618. The average Bonchev–Trinajstić information content (AvgIpc) is 3.07. The van der Waals surface area contributed by atoms with Gasteiger partial charge in [0.15, 0.2) is 5.78 Å². The van der Waals surface area contributed by atoms with Gasteiger partial charge in [-0.2, -0.15) is 0 Å². The third-order valence-electron chi connectivity index (χ3n) is 10.2. The van der Waals surface area contributed by atoms with Gasteiger partial charge in [0.25, 0.3) is 0 Å². The number of carbonyl (C=O) groups excluding carboxylic acids is 1. The number of allylic oxidation sites excluding steroid dienone is 2. The van der Waals surface area contributed by atoms with E-state index in [9.17, 15) is 4.79 Å². The lowest BCUT2D eigenvalue weighted by Gasteiger charge is -2.59. The van der Waals surface area contributed by atoms with Crippen molar-refractivity contribution in [3.8, 4) is 0 Å². The Kier molecular flexibility index (Phi) is 7.62. The van der Waals surface area contributed by atoms with Gasteiger partial charge in [0.1, 0.15) is 0 Å². The molecule has 8 atom stereocenters. The van der Waals surface area contributed by atoms with Crippen molar-refractivity contribution in [1.29, 1.82) is 0 Å². The summed E-state index contributed by atoms with van der Waals surface area (Å²) in [4.78, 5) is 12.0. The summed E-state index contributed by atoms with van der Waals surface area (Å²) in [5, 5.41) is 0. The van der Waals surface area contributed by atoms with Gasteiger partial charge in [0.05, 0.1) is 0 Å². The van der Waals surface area contributed by atoms with Crippen molar-refractivity contribution in [1.82, 2.24) is 0 Å². The zero-order chi connectivity index (χ0) is 22.1. The van der Waals surface area contributed by atoms with E-state index in [4.69, 9.17) is 0 Å². The van der Waals surface area contributed by atoms with Crippen molar-refractivity contribution in [2.45, 2.75) is 113 Å². The number of hydrogen-bond donors (Lipinski definition) is 0. The van der Waals surface area contributed by atoms with E-state index in [1.54, 1.807) is 0 Å². The average molecular weight is 415 g/mol. The Labute approximate surface area is 187 Å². The second-order valence-corrected chi connectivity index (χ2v) is 12.1. The molecule has 4 aliphatic carbocycles. The van der Waals surface area contributed by atoms with Gasteiger partial charge in [0.2, 0.25) is 0 Å². The minimum absolute atomic E-state index is 0.291. The molecule has 0 aromatic rings. The Balaban J connectivity index is 0.00000124. The van der Waals surface area contributed by atoms with Gasteiger partial charge in [0, 0.05) is 6.42 Å². The fraction of sp³-hybridized carbons (Fsp3) is 0.897. The molecule has 8 unspecified atom stereocenters. The van der Waals surface area contributed by atoms with Crippen molar-refractivity contribution >= 4 is 5.78 Å². The molecule has 3 fully saturated rings. The van der Waals surface area contributed by atoms with Gasteiger partial charge in [-0.3, -0.25) is 4.79 Å². The van der Waals surface area contributed by atoms with Gasteiger partial charge in [-0.15, -0.1) is 0 Å². The first-order chi connectivity index (χ1) is 14.3. The van der Waals surface area contributed by atoms with Crippen LogP contribution in [0.5, 0.6) is 0 Å². The lowest BCUT2D eigenvalue weighted by molar-refractivity contribution is -0.122. The van der Waals surface area contributed by atoms with E-state index in [2.05, 4.69) is 40.7 Å². The van der Waals surface area contributed by atoms with Crippen LogP contribution < -0.4 is 0 Å². The van der Waals surface area contributed by atoms with Crippen molar-refractivity contribution in [3.05, 3.63) is 12.2 Å². The molecule has 1 heteroatoms. The van der Waals surface area contributed by atoms with Crippen LogP contribution in [0.2, 0.25) is 0 Å². The molecule has 0 aromatic carbocycles. The van der Waals surface area contributed by atoms with E-state index in [1.165, 1.54) is 57.8 Å². The predicted molar refractivity (Wildman–Crippen MR) is 129 cm³/mol. The maximum Gasteiger partial charge on any atom is 0.155 e. The molecule has 172 valence electrons. The molecule has 0 aliphatic heterocycles. The number of carbonyl (C=O) groups is 1. The van der Waals surface area contributed by atoms with Crippen LogP contribution in [-0.4, -0.2) is 5.78 Å². The van der Waals surface area contributed by atoms with E-state index >= 15 is 0 Å². The molecule has 0 heterocycles. The summed E-state index contributed by atoms with van der Waals surface area (Å²) in [5.41, 5.74) is 0.870. The molecule has 3 saturated carbocycles. The van der Waals surface area contributed by atoms with Crippen LogP contribution in [0.4, 0.5) is 0 Å². The van der Waals surface area contributed by atoms with Crippen molar-refractivity contribution in [3.63, 3.8) is 0 Å². The molecule has 0 aromatic heterocycles. The van der Waals surface area contributed by atoms with Crippen LogP contribution in [0, 0.1) is 52.3 Å². The second-order valence-electron chi connectivity index (χ2n) is 12.1. The van der Waals surface area contributed by atoms with Gasteiger partial charge in [-0.25, -0.2) is 0 Å². The van der Waals surface area contributed by atoms with Crippen LogP contribution in [0.3, 0.4) is 0 Å². The molecule has 0 amide bonds. The Morgan fingerprint density at radius 3 is 2.40 bits per heavy atom. The summed E-state index contributed by atoms with van der Waals surface area (Å²) in [7, 11) is 0. The quantitative estimate of drug-likeness (QED) is 0.441. The van der Waals surface area contributed by atoms with E-state index in [-0.39, 0.29) is 0 Å². The summed E-state index contributed by atoms with van der Waals surface area (Å²) in [6.07, 6.45) is 17.8. The van der Waals surface area contributed by atoms with Crippen LogP contribution >= 0.6 is 0 Å². The van der Waals surface area contributed by atoms with E-state index < -0.39 is 0 Å². The second kappa shape index (κ2) is 9.50. The van der Waals surface area contributed by atoms with Crippen LogP contribution in [0.15, 0.2) is 12.2 Å². The van der Waals surface area contributed by atoms with Crippen molar-refractivity contribution < 1.29 is 4.79 Å². The zero-order valence-electron chi connectivity index (χ0n) is 21.2. The molecular weight excluding hydrogens is 364 g/mol. The summed E-state index contributed by atoms with van der Waals surface area (Å²) < 4.78 is 0. The highest BCUT2D eigenvalue weighted by molar-refractivity contribution is 5.91. The highest BCUT2D eigenvalue weighted by Crippen LogP contribution is 2.67. The molecule has 0 saturated heterocycles. The number of fused-ring (bicyclic) bond motifs is 5. The Morgan fingerprint density at radius 1 is 0.967 bits per heavy atom. The highest BCUT2D eigenvalue weighted by Gasteiger charge is 2.59.